The Kier molecular flexibility index (Phi) is 6.18. The molecule has 0 aliphatic heterocycles. The first kappa shape index (κ1) is 17.0. The van der Waals surface area contributed by atoms with Crippen LogP contribution in [0, 0.1) is 0 Å². The molecule has 2 aromatic carbocycles. The predicted octanol–water partition coefficient (Wildman–Crippen LogP) is 3.53. The minimum absolute atomic E-state index is 0.0454. The molecule has 0 bridgehead atoms. The lowest BCUT2D eigenvalue weighted by Crippen LogP contribution is -2.29. The van der Waals surface area contributed by atoms with Gasteiger partial charge in [-0.2, -0.15) is 0 Å². The maximum Gasteiger partial charge on any atom is 0.325 e. The highest BCUT2D eigenvalue weighted by Gasteiger charge is 2.10. The van der Waals surface area contributed by atoms with Crippen LogP contribution in [0.5, 0.6) is 0 Å². The minimum Gasteiger partial charge on any atom is -0.465 e. The topological polar surface area (TPSA) is 46.6 Å². The third-order valence-corrected chi connectivity index (χ3v) is 3.56. The first-order chi connectivity index (χ1) is 11.1. The number of esters is 1. The molecule has 1 amide bonds. The van der Waals surface area contributed by atoms with Crippen molar-refractivity contribution in [3.63, 3.8) is 0 Å². The Morgan fingerprint density at radius 1 is 1.09 bits per heavy atom. The quantitative estimate of drug-likeness (QED) is 0.576. The number of carbonyl (C=O) groups excluding carboxylic acids is 2. The van der Waals surface area contributed by atoms with Crippen LogP contribution in [-0.4, -0.2) is 30.4 Å². The fourth-order valence-corrected chi connectivity index (χ4v) is 2.31. The van der Waals surface area contributed by atoms with E-state index in [4.69, 9.17) is 16.3 Å². The zero-order chi connectivity index (χ0) is 16.7. The highest BCUT2D eigenvalue weighted by atomic mass is 35.5. The van der Waals surface area contributed by atoms with Crippen molar-refractivity contribution in [1.82, 2.24) is 4.90 Å². The van der Waals surface area contributed by atoms with Gasteiger partial charge in [0, 0.05) is 11.6 Å². The van der Waals surface area contributed by atoms with Crippen LogP contribution < -0.4 is 0 Å². The number of nitrogens with zero attached hydrogens (tertiary/aromatic N) is 1. The van der Waals surface area contributed by atoms with Crippen molar-refractivity contribution in [2.75, 3.05) is 13.2 Å². The van der Waals surface area contributed by atoms with Gasteiger partial charge >= 0.3 is 5.97 Å². The molecule has 0 heterocycles. The van der Waals surface area contributed by atoms with Gasteiger partial charge in [-0.15, -0.1) is 0 Å². The molecule has 5 heteroatoms. The molecule has 0 N–H and O–H groups in total. The maximum absolute atomic E-state index is 11.4. The molecule has 0 atom stereocenters. The first-order valence-corrected chi connectivity index (χ1v) is 7.70. The van der Waals surface area contributed by atoms with Crippen molar-refractivity contribution in [3.05, 3.63) is 59.1 Å². The second-order valence-electron chi connectivity index (χ2n) is 5.02. The van der Waals surface area contributed by atoms with Gasteiger partial charge in [0.2, 0.25) is 6.41 Å². The molecule has 23 heavy (non-hydrogen) atoms. The molecular formula is C18H18ClNO3. The Morgan fingerprint density at radius 2 is 1.65 bits per heavy atom. The van der Waals surface area contributed by atoms with Crippen LogP contribution in [0.2, 0.25) is 5.02 Å². The Labute approximate surface area is 140 Å². The number of carbonyl (C=O) groups is 2. The molecule has 0 aliphatic carbocycles. The summed E-state index contributed by atoms with van der Waals surface area (Å²) in [5, 5.41) is 0.700. The summed E-state index contributed by atoms with van der Waals surface area (Å²) >= 11 is 5.89. The Bertz CT molecular complexity index is 653. The highest BCUT2D eigenvalue weighted by Crippen LogP contribution is 2.22. The number of rotatable bonds is 7. The van der Waals surface area contributed by atoms with Crippen LogP contribution in [-0.2, 0) is 20.9 Å². The molecule has 0 aliphatic rings. The normalized spacial score (nSPS) is 10.2. The summed E-state index contributed by atoms with van der Waals surface area (Å²) in [6, 6.07) is 15.4. The van der Waals surface area contributed by atoms with Gasteiger partial charge < -0.3 is 9.64 Å². The third-order valence-electron chi connectivity index (χ3n) is 3.30. The number of hydrogen-bond donors (Lipinski definition) is 0. The summed E-state index contributed by atoms with van der Waals surface area (Å²) in [6.07, 6.45) is 0.657. The largest absolute Gasteiger partial charge is 0.465 e. The van der Waals surface area contributed by atoms with Crippen LogP contribution in [0.4, 0.5) is 0 Å². The van der Waals surface area contributed by atoms with Crippen molar-refractivity contribution in [3.8, 4) is 11.1 Å². The third kappa shape index (κ3) is 5.11. The Morgan fingerprint density at radius 3 is 2.17 bits per heavy atom. The van der Waals surface area contributed by atoms with Gasteiger partial charge in [0.15, 0.2) is 0 Å². The second-order valence-corrected chi connectivity index (χ2v) is 5.46. The van der Waals surface area contributed by atoms with E-state index < -0.39 is 5.97 Å². The average Bonchev–Trinajstić information content (AvgIpc) is 2.56. The van der Waals surface area contributed by atoms with E-state index in [9.17, 15) is 9.59 Å². The number of halogens is 1. The summed E-state index contributed by atoms with van der Waals surface area (Å²) in [6.45, 7) is 2.36. The van der Waals surface area contributed by atoms with Gasteiger partial charge in [0.05, 0.1) is 6.61 Å². The second kappa shape index (κ2) is 8.34. The van der Waals surface area contributed by atoms with Crippen LogP contribution >= 0.6 is 11.6 Å². The zero-order valence-electron chi connectivity index (χ0n) is 12.9. The van der Waals surface area contributed by atoms with Gasteiger partial charge in [-0.25, -0.2) is 0 Å². The Balaban J connectivity index is 2.02. The SMILES string of the molecule is CCOC(=O)CN(C=O)Cc1ccc(-c2ccc(Cl)cc2)cc1. The molecule has 0 saturated carbocycles. The molecule has 0 aromatic heterocycles. The molecule has 2 aromatic rings. The van der Waals surface area contributed by atoms with Crippen LogP contribution in [0.15, 0.2) is 48.5 Å². The predicted molar refractivity (Wildman–Crippen MR) is 90.0 cm³/mol. The maximum atomic E-state index is 11.4. The highest BCUT2D eigenvalue weighted by molar-refractivity contribution is 6.30. The lowest BCUT2D eigenvalue weighted by molar-refractivity contribution is -0.146. The molecule has 2 rings (SSSR count). The van der Waals surface area contributed by atoms with Gasteiger partial charge in [-0.05, 0) is 35.7 Å². The van der Waals surface area contributed by atoms with E-state index in [2.05, 4.69) is 0 Å². The smallest absolute Gasteiger partial charge is 0.325 e. The monoisotopic (exact) mass is 331 g/mol. The van der Waals surface area contributed by atoms with Gasteiger partial charge in [-0.3, -0.25) is 9.59 Å². The number of ether oxygens (including phenoxy) is 1. The van der Waals surface area contributed by atoms with E-state index in [-0.39, 0.29) is 6.54 Å². The van der Waals surface area contributed by atoms with Crippen LogP contribution in [0.1, 0.15) is 12.5 Å². The summed E-state index contributed by atoms with van der Waals surface area (Å²) in [4.78, 5) is 23.9. The summed E-state index contributed by atoms with van der Waals surface area (Å²) in [5.74, 6) is -0.405. The molecule has 120 valence electrons. The fraction of sp³-hybridized carbons (Fsp3) is 0.222. The molecule has 0 spiro atoms. The summed E-state index contributed by atoms with van der Waals surface area (Å²) in [7, 11) is 0. The molecule has 4 nitrogen and oxygen atoms in total. The summed E-state index contributed by atoms with van der Waals surface area (Å²) < 4.78 is 4.85. The van der Waals surface area contributed by atoms with Crippen LogP contribution in [0.3, 0.4) is 0 Å². The van der Waals surface area contributed by atoms with Crippen molar-refractivity contribution in [2.45, 2.75) is 13.5 Å². The van der Waals surface area contributed by atoms with E-state index in [1.165, 1.54) is 4.90 Å². The molecular weight excluding hydrogens is 314 g/mol. The zero-order valence-corrected chi connectivity index (χ0v) is 13.6. The molecule has 0 radical (unpaired) electrons. The van der Waals surface area contributed by atoms with E-state index in [0.29, 0.717) is 24.6 Å². The Hall–Kier alpha value is -2.33. The first-order valence-electron chi connectivity index (χ1n) is 7.32. The van der Waals surface area contributed by atoms with Crippen molar-refractivity contribution in [2.24, 2.45) is 0 Å². The minimum atomic E-state index is -0.405. The van der Waals surface area contributed by atoms with Crippen molar-refractivity contribution >= 4 is 24.0 Å². The lowest BCUT2D eigenvalue weighted by Gasteiger charge is -2.16. The molecule has 0 unspecified atom stereocenters. The standard InChI is InChI=1S/C18H18ClNO3/c1-2-23-18(22)12-20(13-21)11-14-3-5-15(6-4-14)16-7-9-17(19)10-8-16/h3-10,13H,2,11-12H2,1H3. The van der Waals surface area contributed by atoms with E-state index in [1.807, 2.05) is 48.5 Å². The average molecular weight is 332 g/mol. The fourth-order valence-electron chi connectivity index (χ4n) is 2.18. The van der Waals surface area contributed by atoms with E-state index >= 15 is 0 Å². The van der Waals surface area contributed by atoms with Crippen molar-refractivity contribution in [1.29, 1.82) is 0 Å². The van der Waals surface area contributed by atoms with Gasteiger partial charge in [-0.1, -0.05) is 48.0 Å². The van der Waals surface area contributed by atoms with Crippen LogP contribution in [0.25, 0.3) is 11.1 Å². The van der Waals surface area contributed by atoms with E-state index in [0.717, 1.165) is 16.7 Å². The molecule has 0 saturated heterocycles. The van der Waals surface area contributed by atoms with Crippen molar-refractivity contribution < 1.29 is 14.3 Å². The number of benzene rings is 2. The lowest BCUT2D eigenvalue weighted by atomic mass is 10.0. The summed E-state index contributed by atoms with van der Waals surface area (Å²) in [5.41, 5.74) is 3.08. The van der Waals surface area contributed by atoms with E-state index in [1.54, 1.807) is 6.92 Å². The number of amides is 1. The van der Waals surface area contributed by atoms with Gasteiger partial charge in [0.1, 0.15) is 6.54 Å². The van der Waals surface area contributed by atoms with Gasteiger partial charge in [0.25, 0.3) is 0 Å². The number of hydrogen-bond acceptors (Lipinski definition) is 3. The molecule has 0 fully saturated rings.